The molecule has 0 unspecified atom stereocenters. The molecule has 1 N–H and O–H groups in total. The molecule has 3 heterocycles. The number of aromatic amines is 1. The normalized spacial score (nSPS) is 14.7. The molecule has 138 valence electrons. The molecule has 2 aromatic heterocycles. The van der Waals surface area contributed by atoms with Crippen molar-refractivity contribution in [2.75, 3.05) is 24.5 Å². The summed E-state index contributed by atoms with van der Waals surface area (Å²) in [4.78, 5) is 28.6. The van der Waals surface area contributed by atoms with E-state index in [1.165, 1.54) is 0 Å². The molecule has 3 aromatic rings. The number of hydrogen-bond acceptors (Lipinski definition) is 3. The number of rotatable bonds is 3. The minimum atomic E-state index is -0.208. The molecule has 4 rings (SSSR count). The van der Waals surface area contributed by atoms with Crippen LogP contribution in [0.2, 0.25) is 0 Å². The molecule has 0 radical (unpaired) electrons. The third-order valence-electron chi connectivity index (χ3n) is 4.87. The molecule has 1 aliphatic rings. The lowest BCUT2D eigenvalue weighted by Gasteiger charge is -2.34. The summed E-state index contributed by atoms with van der Waals surface area (Å²) in [6.07, 6.45) is 1.93. The molecule has 27 heavy (non-hydrogen) atoms. The van der Waals surface area contributed by atoms with E-state index in [0.717, 1.165) is 16.9 Å². The Morgan fingerprint density at radius 3 is 2.59 bits per heavy atom. The largest absolute Gasteiger partial charge is 0.349 e. The van der Waals surface area contributed by atoms with Gasteiger partial charge in [0.05, 0.1) is 5.69 Å². The molecule has 1 saturated heterocycles. The van der Waals surface area contributed by atoms with Gasteiger partial charge >= 0.3 is 0 Å². The van der Waals surface area contributed by atoms with Gasteiger partial charge in [-0.05, 0) is 37.3 Å². The van der Waals surface area contributed by atoms with Gasteiger partial charge in [-0.15, -0.1) is 0 Å². The maximum absolute atomic E-state index is 12.8. The van der Waals surface area contributed by atoms with Crippen molar-refractivity contribution >= 4 is 17.5 Å². The van der Waals surface area contributed by atoms with Crippen molar-refractivity contribution in [1.82, 2.24) is 19.7 Å². The van der Waals surface area contributed by atoms with Crippen LogP contribution in [0.5, 0.6) is 0 Å². The summed E-state index contributed by atoms with van der Waals surface area (Å²) >= 11 is 0. The lowest BCUT2D eigenvalue weighted by Crippen LogP contribution is -2.52. The maximum Gasteiger partial charge on any atom is 0.272 e. The quantitative estimate of drug-likeness (QED) is 0.775. The van der Waals surface area contributed by atoms with Crippen LogP contribution in [0, 0.1) is 6.92 Å². The van der Waals surface area contributed by atoms with Crippen LogP contribution in [-0.4, -0.2) is 51.1 Å². The average molecular weight is 363 g/mol. The minimum Gasteiger partial charge on any atom is -0.349 e. The highest BCUT2D eigenvalue weighted by Crippen LogP contribution is 2.21. The predicted molar refractivity (Wildman–Crippen MR) is 102 cm³/mol. The predicted octanol–water partition coefficient (Wildman–Crippen LogP) is 2.21. The first kappa shape index (κ1) is 17.1. The van der Waals surface area contributed by atoms with Gasteiger partial charge in [-0.1, -0.05) is 17.7 Å². The van der Waals surface area contributed by atoms with Gasteiger partial charge in [0.2, 0.25) is 5.91 Å². The van der Waals surface area contributed by atoms with Gasteiger partial charge < -0.3 is 14.4 Å². The maximum atomic E-state index is 12.8. The summed E-state index contributed by atoms with van der Waals surface area (Å²) in [6, 6.07) is 13.4. The van der Waals surface area contributed by atoms with Crippen LogP contribution in [0.3, 0.4) is 0 Å². The zero-order valence-electron chi connectivity index (χ0n) is 15.3. The van der Waals surface area contributed by atoms with Crippen molar-refractivity contribution in [3.63, 3.8) is 0 Å². The monoisotopic (exact) mass is 363 g/mol. The summed E-state index contributed by atoms with van der Waals surface area (Å²) in [6.45, 7) is 3.03. The van der Waals surface area contributed by atoms with Gasteiger partial charge in [-0.25, -0.2) is 0 Å². The second kappa shape index (κ2) is 6.75. The SMILES string of the molecule is Cc1ccc(N2CCN(C(=O)c3cc(-c4cccn4C)n[nH]3)CC2=O)cc1. The first-order chi connectivity index (χ1) is 13.0. The van der Waals surface area contributed by atoms with Crippen LogP contribution >= 0.6 is 0 Å². The van der Waals surface area contributed by atoms with Crippen molar-refractivity contribution < 1.29 is 9.59 Å². The highest BCUT2D eigenvalue weighted by molar-refractivity contribution is 6.01. The van der Waals surface area contributed by atoms with Crippen LogP contribution < -0.4 is 4.90 Å². The van der Waals surface area contributed by atoms with Crippen molar-refractivity contribution in [1.29, 1.82) is 0 Å². The fourth-order valence-electron chi connectivity index (χ4n) is 3.30. The van der Waals surface area contributed by atoms with Crippen LogP contribution in [0.4, 0.5) is 5.69 Å². The van der Waals surface area contributed by atoms with Gasteiger partial charge in [-0.2, -0.15) is 5.10 Å². The van der Waals surface area contributed by atoms with Crippen molar-refractivity contribution in [3.8, 4) is 11.4 Å². The number of aryl methyl sites for hydroxylation is 2. The van der Waals surface area contributed by atoms with E-state index in [1.807, 2.05) is 61.1 Å². The van der Waals surface area contributed by atoms with E-state index in [0.29, 0.717) is 24.5 Å². The Morgan fingerprint density at radius 2 is 1.93 bits per heavy atom. The van der Waals surface area contributed by atoms with Gasteiger partial charge in [0.25, 0.3) is 5.91 Å². The van der Waals surface area contributed by atoms with Gasteiger partial charge in [-0.3, -0.25) is 14.7 Å². The molecule has 1 aliphatic heterocycles. The second-order valence-electron chi connectivity index (χ2n) is 6.78. The molecule has 7 nitrogen and oxygen atoms in total. The zero-order chi connectivity index (χ0) is 19.0. The molecule has 0 bridgehead atoms. The summed E-state index contributed by atoms with van der Waals surface area (Å²) in [5.41, 5.74) is 4.03. The fourth-order valence-corrected chi connectivity index (χ4v) is 3.30. The third-order valence-corrected chi connectivity index (χ3v) is 4.87. The number of carbonyl (C=O) groups is 2. The van der Waals surface area contributed by atoms with Crippen molar-refractivity contribution in [2.24, 2.45) is 7.05 Å². The molecule has 0 atom stereocenters. The molecular weight excluding hydrogens is 342 g/mol. The average Bonchev–Trinajstić information content (AvgIpc) is 3.30. The van der Waals surface area contributed by atoms with E-state index >= 15 is 0 Å². The highest BCUT2D eigenvalue weighted by Gasteiger charge is 2.29. The number of nitrogens with zero attached hydrogens (tertiary/aromatic N) is 4. The first-order valence-corrected chi connectivity index (χ1v) is 8.86. The van der Waals surface area contributed by atoms with Crippen molar-refractivity contribution in [2.45, 2.75) is 6.92 Å². The fraction of sp³-hybridized carbons (Fsp3) is 0.250. The van der Waals surface area contributed by atoms with Gasteiger partial charge in [0.15, 0.2) is 0 Å². The molecule has 1 fully saturated rings. The number of benzene rings is 1. The van der Waals surface area contributed by atoms with Gasteiger partial charge in [0.1, 0.15) is 17.9 Å². The minimum absolute atomic E-state index is 0.0607. The summed E-state index contributed by atoms with van der Waals surface area (Å²) in [7, 11) is 1.93. The standard InChI is InChI=1S/C20H21N5O2/c1-14-5-7-15(8-6-14)25-11-10-24(13-19(25)26)20(27)17-12-16(21-22-17)18-4-3-9-23(18)2/h3-9,12H,10-11,13H2,1-2H3,(H,21,22). The van der Waals surface area contributed by atoms with E-state index in [9.17, 15) is 9.59 Å². The molecule has 0 aliphatic carbocycles. The zero-order valence-corrected chi connectivity index (χ0v) is 15.3. The molecule has 1 aromatic carbocycles. The van der Waals surface area contributed by atoms with E-state index in [-0.39, 0.29) is 18.4 Å². The van der Waals surface area contributed by atoms with Crippen LogP contribution in [0.1, 0.15) is 16.1 Å². The number of nitrogens with one attached hydrogen (secondary N) is 1. The van der Waals surface area contributed by atoms with E-state index < -0.39 is 0 Å². The molecule has 2 amide bonds. The Balaban J connectivity index is 1.47. The number of amides is 2. The van der Waals surface area contributed by atoms with Gasteiger partial charge in [0, 0.05) is 32.0 Å². The Morgan fingerprint density at radius 1 is 1.15 bits per heavy atom. The Bertz CT molecular complexity index is 986. The van der Waals surface area contributed by atoms with Crippen LogP contribution in [0.25, 0.3) is 11.4 Å². The Labute approximate surface area is 157 Å². The lowest BCUT2D eigenvalue weighted by atomic mass is 10.2. The second-order valence-corrected chi connectivity index (χ2v) is 6.78. The van der Waals surface area contributed by atoms with E-state index in [4.69, 9.17) is 0 Å². The smallest absolute Gasteiger partial charge is 0.272 e. The number of hydrogen-bond donors (Lipinski definition) is 1. The van der Waals surface area contributed by atoms with Crippen LogP contribution in [-0.2, 0) is 11.8 Å². The summed E-state index contributed by atoms with van der Waals surface area (Å²) in [5.74, 6) is -0.291. The Hall–Kier alpha value is -3.35. The summed E-state index contributed by atoms with van der Waals surface area (Å²) < 4.78 is 1.94. The number of carbonyl (C=O) groups excluding carboxylic acids is 2. The Kier molecular flexibility index (Phi) is 4.27. The highest BCUT2D eigenvalue weighted by atomic mass is 16.2. The molecule has 0 saturated carbocycles. The first-order valence-electron chi connectivity index (χ1n) is 8.86. The molecular formula is C20H21N5O2. The van der Waals surface area contributed by atoms with Crippen LogP contribution in [0.15, 0.2) is 48.7 Å². The topological polar surface area (TPSA) is 74.2 Å². The molecule has 0 spiro atoms. The number of anilines is 1. The summed E-state index contributed by atoms with van der Waals surface area (Å²) in [5, 5.41) is 7.04. The third kappa shape index (κ3) is 3.23. The number of H-pyrrole nitrogens is 1. The van der Waals surface area contributed by atoms with E-state index in [1.54, 1.807) is 15.9 Å². The number of aromatic nitrogens is 3. The van der Waals surface area contributed by atoms with E-state index in [2.05, 4.69) is 10.2 Å². The number of piperazine rings is 1. The lowest BCUT2D eigenvalue weighted by molar-refractivity contribution is -0.120. The van der Waals surface area contributed by atoms with Crippen molar-refractivity contribution in [3.05, 3.63) is 59.9 Å². The molecule has 7 heteroatoms.